The van der Waals surface area contributed by atoms with Crippen LogP contribution in [0.2, 0.25) is 0 Å². The molecule has 5 heteroatoms. The van der Waals surface area contributed by atoms with Crippen LogP contribution in [0.3, 0.4) is 0 Å². The molecule has 0 saturated heterocycles. The van der Waals surface area contributed by atoms with Crippen LogP contribution in [0.1, 0.15) is 12.7 Å². The molecule has 0 bridgehead atoms. The van der Waals surface area contributed by atoms with Gasteiger partial charge in [-0.3, -0.25) is 0 Å². The van der Waals surface area contributed by atoms with Crippen LogP contribution in [0.5, 0.6) is 0 Å². The lowest BCUT2D eigenvalue weighted by molar-refractivity contribution is 0.284. The van der Waals surface area contributed by atoms with E-state index in [1.54, 1.807) is 6.20 Å². The van der Waals surface area contributed by atoms with Crippen molar-refractivity contribution in [3.8, 4) is 0 Å². The smallest absolute Gasteiger partial charge is 0.160 e. The summed E-state index contributed by atoms with van der Waals surface area (Å²) >= 11 is 5.94. The highest BCUT2D eigenvalue weighted by Gasteiger charge is 2.14. The van der Waals surface area contributed by atoms with Crippen molar-refractivity contribution in [3.63, 3.8) is 0 Å². The van der Waals surface area contributed by atoms with Gasteiger partial charge in [0, 0.05) is 18.8 Å². The van der Waals surface area contributed by atoms with Crippen molar-refractivity contribution in [1.29, 1.82) is 0 Å². The van der Waals surface area contributed by atoms with E-state index in [9.17, 15) is 0 Å². The average Bonchev–Trinajstić information content (AvgIpc) is 2.67. The van der Waals surface area contributed by atoms with Crippen molar-refractivity contribution in [2.45, 2.75) is 25.4 Å². The highest BCUT2D eigenvalue weighted by Crippen LogP contribution is 2.16. The van der Waals surface area contributed by atoms with Crippen molar-refractivity contribution in [3.05, 3.63) is 24.2 Å². The molecule has 2 rings (SSSR count). The van der Waals surface area contributed by atoms with Gasteiger partial charge in [-0.25, -0.2) is 9.97 Å². The van der Waals surface area contributed by atoms with Gasteiger partial charge in [-0.1, -0.05) is 0 Å². The Labute approximate surface area is 106 Å². The van der Waals surface area contributed by atoms with Gasteiger partial charge >= 0.3 is 0 Å². The number of hydrogen-bond donors (Lipinski definition) is 0. The monoisotopic (exact) mass is 252 g/mol. The Hall–Kier alpha value is -1.13. The maximum absolute atomic E-state index is 5.94. The molecule has 92 valence electrons. The Morgan fingerprint density at radius 2 is 2.24 bits per heavy atom. The van der Waals surface area contributed by atoms with Gasteiger partial charge in [-0.15, -0.1) is 11.6 Å². The fraction of sp³-hybridized carbons (Fsp3) is 0.500. The summed E-state index contributed by atoms with van der Waals surface area (Å²) in [7, 11) is 4.13. The van der Waals surface area contributed by atoms with E-state index >= 15 is 0 Å². The standard InChI is InChI=1S/C12H17ClN4/c1-9(16(2)3)8-17-11(7-13)15-10-5-4-6-14-12(10)17/h4-6,9H,7-8H2,1-3H3. The van der Waals surface area contributed by atoms with Gasteiger partial charge in [0.2, 0.25) is 0 Å². The lowest BCUT2D eigenvalue weighted by Gasteiger charge is -2.21. The van der Waals surface area contributed by atoms with Crippen molar-refractivity contribution < 1.29 is 0 Å². The number of aromatic nitrogens is 3. The van der Waals surface area contributed by atoms with E-state index in [4.69, 9.17) is 11.6 Å². The number of pyridine rings is 1. The molecule has 0 spiro atoms. The van der Waals surface area contributed by atoms with Crippen LogP contribution in [0, 0.1) is 0 Å². The molecule has 2 aromatic rings. The van der Waals surface area contributed by atoms with Crippen molar-refractivity contribution in [2.75, 3.05) is 14.1 Å². The third-order valence-electron chi connectivity index (χ3n) is 3.03. The second-order valence-electron chi connectivity index (χ2n) is 4.43. The summed E-state index contributed by atoms with van der Waals surface area (Å²) in [5, 5.41) is 0. The first-order valence-corrected chi connectivity index (χ1v) is 6.19. The number of alkyl halides is 1. The van der Waals surface area contributed by atoms with Gasteiger partial charge in [0.25, 0.3) is 0 Å². The fourth-order valence-corrected chi connectivity index (χ4v) is 1.93. The minimum absolute atomic E-state index is 0.413. The number of rotatable bonds is 4. The maximum atomic E-state index is 5.94. The predicted molar refractivity (Wildman–Crippen MR) is 70.2 cm³/mol. The highest BCUT2D eigenvalue weighted by atomic mass is 35.5. The van der Waals surface area contributed by atoms with Gasteiger partial charge in [0.1, 0.15) is 11.3 Å². The average molecular weight is 253 g/mol. The molecule has 0 N–H and O–H groups in total. The van der Waals surface area contributed by atoms with E-state index in [2.05, 4.69) is 40.5 Å². The van der Waals surface area contributed by atoms with Crippen molar-refractivity contribution in [1.82, 2.24) is 19.4 Å². The molecule has 1 atom stereocenters. The van der Waals surface area contributed by atoms with Crippen LogP contribution in [-0.2, 0) is 12.4 Å². The summed E-state index contributed by atoms with van der Waals surface area (Å²) in [6, 6.07) is 4.28. The normalized spacial score (nSPS) is 13.5. The van der Waals surface area contributed by atoms with Crippen molar-refractivity contribution >= 4 is 22.8 Å². The highest BCUT2D eigenvalue weighted by molar-refractivity contribution is 6.16. The Kier molecular flexibility index (Phi) is 3.64. The van der Waals surface area contributed by atoms with Gasteiger partial charge in [0.05, 0.1) is 5.88 Å². The van der Waals surface area contributed by atoms with E-state index < -0.39 is 0 Å². The van der Waals surface area contributed by atoms with Crippen molar-refractivity contribution in [2.24, 2.45) is 0 Å². The second-order valence-corrected chi connectivity index (χ2v) is 4.70. The molecular weight excluding hydrogens is 236 g/mol. The van der Waals surface area contributed by atoms with E-state index in [1.807, 2.05) is 12.1 Å². The second kappa shape index (κ2) is 5.02. The van der Waals surface area contributed by atoms with Crippen LogP contribution >= 0.6 is 11.6 Å². The van der Waals surface area contributed by atoms with Gasteiger partial charge in [-0.05, 0) is 33.2 Å². The third kappa shape index (κ3) is 2.42. The molecule has 0 fully saturated rings. The molecule has 2 heterocycles. The van der Waals surface area contributed by atoms with Crippen LogP contribution in [0.4, 0.5) is 0 Å². The van der Waals surface area contributed by atoms with Crippen LogP contribution in [-0.4, -0.2) is 39.6 Å². The minimum atomic E-state index is 0.413. The molecule has 4 nitrogen and oxygen atoms in total. The number of nitrogens with zero attached hydrogens (tertiary/aromatic N) is 4. The van der Waals surface area contributed by atoms with Gasteiger partial charge in [0.15, 0.2) is 5.65 Å². The summed E-state index contributed by atoms with van der Waals surface area (Å²) in [5.41, 5.74) is 1.82. The zero-order valence-corrected chi connectivity index (χ0v) is 11.1. The molecule has 0 amide bonds. The van der Waals surface area contributed by atoms with Crippen LogP contribution in [0.25, 0.3) is 11.2 Å². The molecule has 2 aromatic heterocycles. The first-order chi connectivity index (χ1) is 8.13. The molecule has 1 unspecified atom stereocenters. The number of fused-ring (bicyclic) bond motifs is 1. The molecule has 0 aliphatic heterocycles. The van der Waals surface area contributed by atoms with Gasteiger partial charge in [-0.2, -0.15) is 0 Å². The molecule has 0 aromatic carbocycles. The quantitative estimate of drug-likeness (QED) is 0.782. The molecule has 0 saturated carbocycles. The fourth-order valence-electron chi connectivity index (χ4n) is 1.73. The largest absolute Gasteiger partial charge is 0.310 e. The van der Waals surface area contributed by atoms with E-state index in [0.29, 0.717) is 11.9 Å². The Morgan fingerprint density at radius 1 is 1.47 bits per heavy atom. The third-order valence-corrected chi connectivity index (χ3v) is 3.27. The molecular formula is C12H17ClN4. The summed E-state index contributed by atoms with van der Waals surface area (Å²) in [6.07, 6.45) is 1.79. The first-order valence-electron chi connectivity index (χ1n) is 5.66. The van der Waals surface area contributed by atoms with E-state index in [0.717, 1.165) is 23.5 Å². The Bertz CT molecular complexity index is 506. The molecule has 0 radical (unpaired) electrons. The summed E-state index contributed by atoms with van der Waals surface area (Å²) < 4.78 is 2.10. The topological polar surface area (TPSA) is 34.0 Å². The number of likely N-dealkylation sites (N-methyl/N-ethyl adjacent to an activating group) is 1. The maximum Gasteiger partial charge on any atom is 0.160 e. The van der Waals surface area contributed by atoms with Crippen LogP contribution < -0.4 is 0 Å². The Morgan fingerprint density at radius 3 is 2.88 bits per heavy atom. The molecule has 0 aliphatic rings. The number of hydrogen-bond acceptors (Lipinski definition) is 3. The summed E-state index contributed by atoms with van der Waals surface area (Å²) in [5.74, 6) is 1.30. The lowest BCUT2D eigenvalue weighted by atomic mass is 10.3. The first kappa shape index (κ1) is 12.3. The lowest BCUT2D eigenvalue weighted by Crippen LogP contribution is -2.29. The zero-order valence-electron chi connectivity index (χ0n) is 10.4. The zero-order chi connectivity index (χ0) is 12.4. The molecule has 17 heavy (non-hydrogen) atoms. The number of halogens is 1. The SMILES string of the molecule is CC(Cn1c(CCl)nc2cccnc21)N(C)C. The number of imidazole rings is 1. The molecule has 0 aliphatic carbocycles. The van der Waals surface area contributed by atoms with Gasteiger partial charge < -0.3 is 9.47 Å². The summed E-state index contributed by atoms with van der Waals surface area (Å²) in [6.45, 7) is 3.02. The summed E-state index contributed by atoms with van der Waals surface area (Å²) in [4.78, 5) is 11.1. The van der Waals surface area contributed by atoms with Crippen LogP contribution in [0.15, 0.2) is 18.3 Å². The Balaban J connectivity index is 2.43. The predicted octanol–water partition coefficient (Wildman–Crippen LogP) is 2.12. The van der Waals surface area contributed by atoms with E-state index in [-0.39, 0.29) is 0 Å². The van der Waals surface area contributed by atoms with E-state index in [1.165, 1.54) is 0 Å². The minimum Gasteiger partial charge on any atom is -0.310 e.